The molecule has 3 N–H and O–H groups in total. The molecule has 120 valence electrons. The summed E-state index contributed by atoms with van der Waals surface area (Å²) in [7, 11) is -3.87. The van der Waals surface area contributed by atoms with Gasteiger partial charge in [0.2, 0.25) is 15.9 Å². The Bertz CT molecular complexity index is 666. The van der Waals surface area contributed by atoms with Crippen LogP contribution in [0.5, 0.6) is 0 Å². The molecule has 0 aliphatic heterocycles. The first-order valence-electron chi connectivity index (χ1n) is 6.31. The largest absolute Gasteiger partial charge is 0.481 e. The number of sulfonamides is 1. The molecule has 0 radical (unpaired) electrons. The van der Waals surface area contributed by atoms with Gasteiger partial charge in [-0.2, -0.15) is 0 Å². The smallest absolute Gasteiger partial charge is 0.303 e. The first kappa shape index (κ1) is 17.8. The highest BCUT2D eigenvalue weighted by atomic mass is 32.2. The van der Waals surface area contributed by atoms with Gasteiger partial charge in [0.05, 0.1) is 17.9 Å². The molecule has 0 aliphatic rings. The number of hydrogen-bond acceptors (Lipinski definition) is 5. The van der Waals surface area contributed by atoms with Crippen LogP contribution in [0.25, 0.3) is 0 Å². The van der Waals surface area contributed by atoms with Crippen molar-refractivity contribution in [3.05, 3.63) is 24.3 Å². The average Bonchev–Trinajstić information content (AvgIpc) is 2.43. The fourth-order valence-corrected chi connectivity index (χ4v) is 2.53. The first-order valence-corrected chi connectivity index (χ1v) is 7.80. The number of hydrogen-bond donors (Lipinski definition) is 3. The lowest BCUT2D eigenvalue weighted by atomic mass is 10.2. The van der Waals surface area contributed by atoms with Gasteiger partial charge in [-0.1, -0.05) is 0 Å². The molecule has 8 nitrogen and oxygen atoms in total. The van der Waals surface area contributed by atoms with Crippen LogP contribution in [-0.2, 0) is 24.4 Å². The van der Waals surface area contributed by atoms with Crippen molar-refractivity contribution < 1.29 is 27.9 Å². The maximum Gasteiger partial charge on any atom is 0.303 e. The van der Waals surface area contributed by atoms with E-state index in [-0.39, 0.29) is 23.6 Å². The van der Waals surface area contributed by atoms with Crippen molar-refractivity contribution in [2.24, 2.45) is 0 Å². The first-order chi connectivity index (χ1) is 10.2. The van der Waals surface area contributed by atoms with E-state index in [0.717, 1.165) is 0 Å². The molecule has 22 heavy (non-hydrogen) atoms. The van der Waals surface area contributed by atoms with Crippen LogP contribution < -0.4 is 10.0 Å². The fraction of sp³-hybridized carbons (Fsp3) is 0.308. The van der Waals surface area contributed by atoms with Crippen molar-refractivity contribution in [2.45, 2.75) is 24.7 Å². The summed E-state index contributed by atoms with van der Waals surface area (Å²) in [6.07, 6.45) is -0.578. The van der Waals surface area contributed by atoms with Crippen molar-refractivity contribution in [3.8, 4) is 0 Å². The maximum absolute atomic E-state index is 11.9. The zero-order valence-corrected chi connectivity index (χ0v) is 12.6. The third kappa shape index (κ3) is 6.02. The molecule has 0 saturated heterocycles. The molecule has 0 heterocycles. The number of rotatable bonds is 8. The van der Waals surface area contributed by atoms with E-state index in [4.69, 9.17) is 5.11 Å². The summed E-state index contributed by atoms with van der Waals surface area (Å²) in [6, 6.07) is 5.41. The Morgan fingerprint density at radius 1 is 1.09 bits per heavy atom. The normalized spacial score (nSPS) is 11.0. The van der Waals surface area contributed by atoms with Crippen LogP contribution in [0, 0.1) is 0 Å². The molecule has 0 unspecified atom stereocenters. The minimum atomic E-state index is -3.87. The Morgan fingerprint density at radius 3 is 2.18 bits per heavy atom. The minimum Gasteiger partial charge on any atom is -0.481 e. The Balaban J connectivity index is 2.64. The summed E-state index contributed by atoms with van der Waals surface area (Å²) in [5.74, 6) is -1.91. The number of carboxylic acids is 1. The third-order valence-electron chi connectivity index (χ3n) is 2.56. The molecule has 0 saturated carbocycles. The highest BCUT2D eigenvalue weighted by Gasteiger charge is 2.16. The summed E-state index contributed by atoms with van der Waals surface area (Å²) in [5, 5.41) is 10.9. The number of carbonyl (C=O) groups excluding carboxylic acids is 2. The Kier molecular flexibility index (Phi) is 6.20. The van der Waals surface area contributed by atoms with Crippen LogP contribution in [0.15, 0.2) is 29.2 Å². The van der Waals surface area contributed by atoms with Crippen LogP contribution in [-0.4, -0.2) is 37.7 Å². The zero-order valence-electron chi connectivity index (χ0n) is 11.8. The third-order valence-corrected chi connectivity index (χ3v) is 3.98. The van der Waals surface area contributed by atoms with Crippen LogP contribution in [0.1, 0.15) is 19.8 Å². The lowest BCUT2D eigenvalue weighted by molar-refractivity contribution is -0.138. The van der Waals surface area contributed by atoms with E-state index >= 15 is 0 Å². The van der Waals surface area contributed by atoms with E-state index in [1.54, 1.807) is 0 Å². The molecular formula is C13H16N2O6S. The van der Waals surface area contributed by atoms with Crippen LogP contribution >= 0.6 is 0 Å². The number of benzene rings is 1. The average molecular weight is 328 g/mol. The molecule has 0 spiro atoms. The van der Waals surface area contributed by atoms with Gasteiger partial charge in [0, 0.05) is 19.0 Å². The van der Waals surface area contributed by atoms with E-state index in [9.17, 15) is 22.8 Å². The van der Waals surface area contributed by atoms with Crippen molar-refractivity contribution >= 4 is 33.4 Å². The molecule has 0 aromatic heterocycles. The van der Waals surface area contributed by atoms with Gasteiger partial charge in [-0.05, 0) is 24.3 Å². The summed E-state index contributed by atoms with van der Waals surface area (Å²) >= 11 is 0. The Morgan fingerprint density at radius 2 is 1.68 bits per heavy atom. The molecule has 1 amide bonds. The molecule has 0 aliphatic carbocycles. The van der Waals surface area contributed by atoms with E-state index < -0.39 is 28.3 Å². The molecule has 1 aromatic rings. The topological polar surface area (TPSA) is 130 Å². The lowest BCUT2D eigenvalue weighted by Crippen LogP contribution is -2.29. The van der Waals surface area contributed by atoms with Crippen LogP contribution in [0.3, 0.4) is 0 Å². The Labute approximate surface area is 127 Å². The van der Waals surface area contributed by atoms with Gasteiger partial charge in [-0.3, -0.25) is 14.4 Å². The van der Waals surface area contributed by atoms with Gasteiger partial charge in [0.25, 0.3) is 0 Å². The summed E-state index contributed by atoms with van der Waals surface area (Å²) in [5.41, 5.74) is 0.448. The second-order valence-corrected chi connectivity index (χ2v) is 6.23. The molecule has 0 fully saturated rings. The SMILES string of the molecule is CC(=O)Nc1ccc(S(=O)(=O)NCC(=O)CCC(=O)O)cc1. The van der Waals surface area contributed by atoms with E-state index in [0.29, 0.717) is 5.69 Å². The molecule has 0 atom stereocenters. The molecule has 0 bridgehead atoms. The monoisotopic (exact) mass is 328 g/mol. The standard InChI is InChI=1S/C13H16N2O6S/c1-9(16)15-10-2-5-12(6-3-10)22(20,21)14-8-11(17)4-7-13(18)19/h2-3,5-6,14H,4,7-8H2,1H3,(H,15,16)(H,18,19). The zero-order chi connectivity index (χ0) is 16.8. The molecule has 1 aromatic carbocycles. The predicted octanol–water partition coefficient (Wildman–Crippen LogP) is 0.357. The number of carbonyl (C=O) groups is 3. The summed E-state index contributed by atoms with van der Waals surface area (Å²) in [6.45, 7) is 0.859. The van der Waals surface area contributed by atoms with Crippen molar-refractivity contribution in [2.75, 3.05) is 11.9 Å². The molecular weight excluding hydrogens is 312 g/mol. The highest BCUT2D eigenvalue weighted by Crippen LogP contribution is 2.13. The maximum atomic E-state index is 11.9. The quantitative estimate of drug-likeness (QED) is 0.631. The minimum absolute atomic E-state index is 0.0624. The van der Waals surface area contributed by atoms with Crippen molar-refractivity contribution in [1.29, 1.82) is 0 Å². The highest BCUT2D eigenvalue weighted by molar-refractivity contribution is 7.89. The van der Waals surface area contributed by atoms with Crippen LogP contribution in [0.4, 0.5) is 5.69 Å². The number of carboxylic acid groups (broad SMARTS) is 1. The second-order valence-electron chi connectivity index (χ2n) is 4.46. The molecule has 9 heteroatoms. The number of nitrogens with one attached hydrogen (secondary N) is 2. The lowest BCUT2D eigenvalue weighted by Gasteiger charge is -2.07. The van der Waals surface area contributed by atoms with E-state index in [1.165, 1.54) is 31.2 Å². The van der Waals surface area contributed by atoms with Crippen LogP contribution in [0.2, 0.25) is 0 Å². The van der Waals surface area contributed by atoms with Gasteiger partial charge in [0.1, 0.15) is 5.78 Å². The van der Waals surface area contributed by atoms with Gasteiger partial charge < -0.3 is 10.4 Å². The number of ketones is 1. The summed E-state index contributed by atoms with van der Waals surface area (Å²) in [4.78, 5) is 32.5. The molecule has 1 rings (SSSR count). The second kappa shape index (κ2) is 7.66. The van der Waals surface area contributed by atoms with Crippen molar-refractivity contribution in [3.63, 3.8) is 0 Å². The summed E-state index contributed by atoms with van der Waals surface area (Å²) < 4.78 is 26.0. The fourth-order valence-electron chi connectivity index (χ4n) is 1.51. The predicted molar refractivity (Wildman–Crippen MR) is 77.8 cm³/mol. The number of amides is 1. The number of anilines is 1. The number of Topliss-reactive ketones (excluding diaryl/α,β-unsaturated/α-hetero) is 1. The van der Waals surface area contributed by atoms with Gasteiger partial charge in [0.15, 0.2) is 0 Å². The van der Waals surface area contributed by atoms with Gasteiger partial charge in [-0.25, -0.2) is 13.1 Å². The number of aliphatic carboxylic acids is 1. The van der Waals surface area contributed by atoms with Crippen molar-refractivity contribution in [1.82, 2.24) is 4.72 Å². The van der Waals surface area contributed by atoms with Gasteiger partial charge >= 0.3 is 5.97 Å². The Hall–Kier alpha value is -2.26. The van der Waals surface area contributed by atoms with E-state index in [1.807, 2.05) is 0 Å². The van der Waals surface area contributed by atoms with Gasteiger partial charge in [-0.15, -0.1) is 0 Å². The van der Waals surface area contributed by atoms with E-state index in [2.05, 4.69) is 10.0 Å².